The van der Waals surface area contributed by atoms with Crippen molar-refractivity contribution in [2.24, 2.45) is 0 Å². The molecule has 0 aromatic heterocycles. The second-order valence-corrected chi connectivity index (χ2v) is 6.51. The Morgan fingerprint density at radius 2 is 1.50 bits per heavy atom. The number of carbonyl (C=O) groups is 3. The number of benzene rings is 3. The third kappa shape index (κ3) is 3.36. The highest BCUT2D eigenvalue weighted by Crippen LogP contribution is 2.31. The van der Waals surface area contributed by atoms with Crippen molar-refractivity contribution >= 4 is 17.5 Å². The van der Waals surface area contributed by atoms with Crippen LogP contribution in [-0.2, 0) is 4.74 Å². The summed E-state index contributed by atoms with van der Waals surface area (Å²) in [5.74, 6) is 5.08. The van der Waals surface area contributed by atoms with E-state index in [1.54, 1.807) is 36.4 Å². The number of hydrogen-bond acceptors (Lipinski definition) is 5. The molecule has 0 saturated heterocycles. The zero-order valence-corrected chi connectivity index (χ0v) is 16.1. The first kappa shape index (κ1) is 19.2. The van der Waals surface area contributed by atoms with Gasteiger partial charge in [0.15, 0.2) is 11.6 Å². The molecule has 146 valence electrons. The van der Waals surface area contributed by atoms with Gasteiger partial charge in [0, 0.05) is 16.7 Å². The molecule has 0 unspecified atom stereocenters. The summed E-state index contributed by atoms with van der Waals surface area (Å²) in [6.07, 6.45) is 0. The summed E-state index contributed by atoms with van der Waals surface area (Å²) < 4.78 is 10.4. The predicted octanol–water partition coefficient (Wildman–Crippen LogP) is 3.68. The molecule has 0 aliphatic heterocycles. The zero-order valence-electron chi connectivity index (χ0n) is 16.1. The molecule has 0 heterocycles. The predicted molar refractivity (Wildman–Crippen MR) is 110 cm³/mol. The van der Waals surface area contributed by atoms with E-state index in [1.165, 1.54) is 19.2 Å². The Kier molecular flexibility index (Phi) is 5.15. The molecule has 3 aromatic rings. The van der Waals surface area contributed by atoms with E-state index >= 15 is 0 Å². The average Bonchev–Trinajstić information content (AvgIpc) is 2.80. The Morgan fingerprint density at radius 3 is 2.20 bits per heavy atom. The molecule has 4 rings (SSSR count). The van der Waals surface area contributed by atoms with Gasteiger partial charge in [-0.1, -0.05) is 54.3 Å². The molecule has 0 N–H and O–H groups in total. The molecule has 0 spiro atoms. The van der Waals surface area contributed by atoms with E-state index in [-0.39, 0.29) is 40.4 Å². The zero-order chi connectivity index (χ0) is 21.1. The molecule has 30 heavy (non-hydrogen) atoms. The van der Waals surface area contributed by atoms with Crippen LogP contribution in [0.5, 0.6) is 5.75 Å². The molecule has 0 atom stereocenters. The van der Waals surface area contributed by atoms with Crippen molar-refractivity contribution < 1.29 is 23.9 Å². The number of methoxy groups -OCH3 is 1. The number of esters is 1. The van der Waals surface area contributed by atoms with E-state index in [0.29, 0.717) is 16.9 Å². The summed E-state index contributed by atoms with van der Waals surface area (Å²) in [5, 5.41) is 0. The van der Waals surface area contributed by atoms with Crippen LogP contribution in [0, 0.1) is 11.8 Å². The molecule has 0 amide bonds. The third-order valence-corrected chi connectivity index (χ3v) is 4.77. The lowest BCUT2D eigenvalue weighted by Gasteiger charge is -2.19. The second-order valence-electron chi connectivity index (χ2n) is 6.51. The molecular weight excluding hydrogens is 380 g/mol. The van der Waals surface area contributed by atoms with Crippen LogP contribution in [0.25, 0.3) is 0 Å². The number of fused-ring (bicyclic) bond motifs is 2. The molecule has 3 aromatic carbocycles. The lowest BCUT2D eigenvalue weighted by atomic mass is 9.80. The van der Waals surface area contributed by atoms with Crippen molar-refractivity contribution in [2.75, 3.05) is 13.7 Å². The minimum atomic E-state index is -0.634. The number of rotatable bonds is 3. The van der Waals surface area contributed by atoms with Crippen LogP contribution in [-0.4, -0.2) is 31.3 Å². The summed E-state index contributed by atoms with van der Waals surface area (Å²) in [6.45, 7) is 0.0486. The van der Waals surface area contributed by atoms with Crippen molar-refractivity contribution in [2.45, 2.75) is 0 Å². The SMILES string of the molecule is COC(=O)c1ccc2c(c1C#CCOc1ccccc1)C(=O)c1ccccc1C2=O. The van der Waals surface area contributed by atoms with Crippen molar-refractivity contribution in [3.05, 3.63) is 100 Å². The van der Waals surface area contributed by atoms with E-state index < -0.39 is 5.97 Å². The van der Waals surface area contributed by atoms with Gasteiger partial charge in [0.25, 0.3) is 0 Å². The van der Waals surface area contributed by atoms with E-state index in [1.807, 2.05) is 18.2 Å². The molecule has 0 saturated carbocycles. The fourth-order valence-electron chi connectivity index (χ4n) is 3.36. The fraction of sp³-hybridized carbons (Fsp3) is 0.0800. The van der Waals surface area contributed by atoms with Gasteiger partial charge in [-0.3, -0.25) is 9.59 Å². The molecule has 0 bridgehead atoms. The molecule has 0 fully saturated rings. The van der Waals surface area contributed by atoms with Crippen molar-refractivity contribution in [1.29, 1.82) is 0 Å². The second kappa shape index (κ2) is 8.06. The van der Waals surface area contributed by atoms with E-state index in [4.69, 9.17) is 9.47 Å². The van der Waals surface area contributed by atoms with E-state index in [0.717, 1.165) is 0 Å². The summed E-state index contributed by atoms with van der Waals surface area (Å²) in [6, 6.07) is 18.7. The molecule has 5 nitrogen and oxygen atoms in total. The van der Waals surface area contributed by atoms with Gasteiger partial charge in [0.05, 0.1) is 23.8 Å². The first-order valence-electron chi connectivity index (χ1n) is 9.22. The standard InChI is InChI=1S/C25H16O5/c1-29-25(28)20-13-14-21-22(24(27)19-11-6-5-10-18(19)23(21)26)17(20)12-7-15-30-16-8-3-2-4-9-16/h2-6,8-11,13-14H,15H2,1H3. The van der Waals surface area contributed by atoms with Crippen molar-refractivity contribution in [3.8, 4) is 17.6 Å². The van der Waals surface area contributed by atoms with Crippen LogP contribution < -0.4 is 4.74 Å². The number of ketones is 2. The highest BCUT2D eigenvalue weighted by atomic mass is 16.5. The highest BCUT2D eigenvalue weighted by Gasteiger charge is 2.33. The minimum Gasteiger partial charge on any atom is -0.481 e. The fourth-order valence-corrected chi connectivity index (χ4v) is 3.36. The topological polar surface area (TPSA) is 69.7 Å². The third-order valence-electron chi connectivity index (χ3n) is 4.77. The van der Waals surface area contributed by atoms with Crippen LogP contribution >= 0.6 is 0 Å². The summed E-state index contributed by atoms with van der Waals surface area (Å²) >= 11 is 0. The molecule has 1 aliphatic rings. The minimum absolute atomic E-state index is 0.0486. The van der Waals surface area contributed by atoms with Crippen LogP contribution in [0.2, 0.25) is 0 Å². The quantitative estimate of drug-likeness (QED) is 0.390. The Bertz CT molecular complexity index is 1230. The van der Waals surface area contributed by atoms with Crippen LogP contribution in [0.3, 0.4) is 0 Å². The normalized spacial score (nSPS) is 11.6. The number of ether oxygens (including phenoxy) is 2. The van der Waals surface area contributed by atoms with Crippen molar-refractivity contribution in [3.63, 3.8) is 0 Å². The smallest absolute Gasteiger partial charge is 0.339 e. The monoisotopic (exact) mass is 396 g/mol. The largest absolute Gasteiger partial charge is 0.481 e. The first-order chi connectivity index (χ1) is 14.6. The van der Waals surface area contributed by atoms with Gasteiger partial charge in [0.1, 0.15) is 12.4 Å². The Morgan fingerprint density at radius 1 is 0.833 bits per heavy atom. The molecule has 5 heteroatoms. The lowest BCUT2D eigenvalue weighted by Crippen LogP contribution is -2.23. The molecular formula is C25H16O5. The van der Waals surface area contributed by atoms with Gasteiger partial charge in [-0.15, -0.1) is 0 Å². The summed E-state index contributed by atoms with van der Waals surface area (Å²) in [4.78, 5) is 38.4. The van der Waals surface area contributed by atoms with Crippen molar-refractivity contribution in [1.82, 2.24) is 0 Å². The van der Waals surface area contributed by atoms with Gasteiger partial charge in [0.2, 0.25) is 0 Å². The average molecular weight is 396 g/mol. The van der Waals surface area contributed by atoms with Gasteiger partial charge in [-0.05, 0) is 24.3 Å². The number of para-hydroxylation sites is 1. The molecule has 0 radical (unpaired) electrons. The van der Waals surface area contributed by atoms with Gasteiger partial charge < -0.3 is 9.47 Å². The summed E-state index contributed by atoms with van der Waals surface area (Å²) in [7, 11) is 1.25. The van der Waals surface area contributed by atoms with Gasteiger partial charge >= 0.3 is 5.97 Å². The lowest BCUT2D eigenvalue weighted by molar-refractivity contribution is 0.0600. The van der Waals surface area contributed by atoms with E-state index in [9.17, 15) is 14.4 Å². The highest BCUT2D eigenvalue weighted by molar-refractivity contribution is 6.29. The maximum absolute atomic E-state index is 13.2. The maximum atomic E-state index is 13.2. The Hall–Kier alpha value is -4.17. The summed E-state index contributed by atoms with van der Waals surface area (Å²) in [5.41, 5.74) is 1.27. The van der Waals surface area contributed by atoms with Crippen LogP contribution in [0.4, 0.5) is 0 Å². The van der Waals surface area contributed by atoms with Gasteiger partial charge in [-0.2, -0.15) is 0 Å². The first-order valence-corrected chi connectivity index (χ1v) is 9.22. The van der Waals surface area contributed by atoms with E-state index in [2.05, 4.69) is 11.8 Å². The molecule has 1 aliphatic carbocycles. The van der Waals surface area contributed by atoms with Gasteiger partial charge in [-0.25, -0.2) is 4.79 Å². The number of hydrogen-bond donors (Lipinski definition) is 0. The maximum Gasteiger partial charge on any atom is 0.339 e. The Labute approximate surface area is 173 Å². The Balaban J connectivity index is 1.79. The number of carbonyl (C=O) groups excluding carboxylic acids is 3. The van der Waals surface area contributed by atoms with Crippen LogP contribution in [0.1, 0.15) is 47.8 Å². The van der Waals surface area contributed by atoms with Crippen LogP contribution in [0.15, 0.2) is 66.7 Å².